The molecule has 1 aliphatic heterocycles. The fourth-order valence-corrected chi connectivity index (χ4v) is 3.84. The van der Waals surface area contributed by atoms with Crippen LogP contribution in [-0.2, 0) is 11.2 Å². The summed E-state index contributed by atoms with van der Waals surface area (Å²) in [5.41, 5.74) is 2.38. The first-order chi connectivity index (χ1) is 15.1. The molecular formula is C24H29N5O2. The summed E-state index contributed by atoms with van der Waals surface area (Å²) in [6.45, 7) is 3.69. The standard InChI is InChI=1S/C24H29N5O2/c1-3-4-5-8-22(30)29-14-10-20(11-15-29)23-21(17-27-18(2)28-23)24(31)26-13-9-19-7-6-12-25-16-19/h1,6-7,12,16-17,20H,4-5,8-11,13-15H2,2H3,(H,26,31). The van der Waals surface area contributed by atoms with Gasteiger partial charge in [-0.3, -0.25) is 14.6 Å². The van der Waals surface area contributed by atoms with E-state index in [-0.39, 0.29) is 17.7 Å². The van der Waals surface area contributed by atoms with Crippen molar-refractivity contribution in [3.8, 4) is 12.3 Å². The second-order valence-electron chi connectivity index (χ2n) is 7.80. The van der Waals surface area contributed by atoms with Gasteiger partial charge in [-0.1, -0.05) is 6.07 Å². The fourth-order valence-electron chi connectivity index (χ4n) is 3.84. The van der Waals surface area contributed by atoms with Crippen LogP contribution in [0.25, 0.3) is 0 Å². The molecule has 2 aromatic heterocycles. The predicted molar refractivity (Wildman–Crippen MR) is 118 cm³/mol. The van der Waals surface area contributed by atoms with Gasteiger partial charge in [-0.2, -0.15) is 0 Å². The van der Waals surface area contributed by atoms with Gasteiger partial charge in [-0.05, 0) is 44.2 Å². The number of nitrogens with one attached hydrogen (secondary N) is 1. The Balaban J connectivity index is 1.59. The highest BCUT2D eigenvalue weighted by atomic mass is 16.2. The molecule has 7 nitrogen and oxygen atoms in total. The van der Waals surface area contributed by atoms with Gasteiger partial charge in [0.1, 0.15) is 5.82 Å². The number of likely N-dealkylation sites (tertiary alicyclic amines) is 1. The topological polar surface area (TPSA) is 88.1 Å². The number of nitrogens with zero attached hydrogens (tertiary/aromatic N) is 4. The molecule has 162 valence electrons. The van der Waals surface area contributed by atoms with Crippen LogP contribution in [0.5, 0.6) is 0 Å². The molecule has 7 heteroatoms. The molecule has 0 bridgehead atoms. The van der Waals surface area contributed by atoms with E-state index in [4.69, 9.17) is 6.42 Å². The lowest BCUT2D eigenvalue weighted by Crippen LogP contribution is -2.38. The highest BCUT2D eigenvalue weighted by Gasteiger charge is 2.28. The van der Waals surface area contributed by atoms with E-state index in [9.17, 15) is 9.59 Å². The second-order valence-corrected chi connectivity index (χ2v) is 7.80. The molecule has 0 radical (unpaired) electrons. The zero-order valence-corrected chi connectivity index (χ0v) is 18.0. The fraction of sp³-hybridized carbons (Fsp3) is 0.458. The minimum Gasteiger partial charge on any atom is -0.352 e. The molecule has 0 atom stereocenters. The first-order valence-electron chi connectivity index (χ1n) is 10.8. The average molecular weight is 420 g/mol. The van der Waals surface area contributed by atoms with E-state index in [1.54, 1.807) is 18.6 Å². The maximum Gasteiger partial charge on any atom is 0.254 e. The van der Waals surface area contributed by atoms with Crippen LogP contribution < -0.4 is 5.32 Å². The van der Waals surface area contributed by atoms with Gasteiger partial charge in [0.15, 0.2) is 0 Å². The molecule has 3 heterocycles. The van der Waals surface area contributed by atoms with Crippen molar-refractivity contribution in [1.82, 2.24) is 25.2 Å². The zero-order valence-electron chi connectivity index (χ0n) is 18.0. The molecule has 2 amide bonds. The minimum absolute atomic E-state index is 0.135. The minimum atomic E-state index is -0.160. The van der Waals surface area contributed by atoms with Crippen molar-refractivity contribution in [3.05, 3.63) is 53.4 Å². The monoisotopic (exact) mass is 419 g/mol. The van der Waals surface area contributed by atoms with Crippen LogP contribution in [0.15, 0.2) is 30.7 Å². The molecule has 2 aromatic rings. The van der Waals surface area contributed by atoms with E-state index in [0.717, 1.165) is 30.5 Å². The first-order valence-corrected chi connectivity index (χ1v) is 10.8. The number of aromatic nitrogens is 3. The quantitative estimate of drug-likeness (QED) is 0.525. The number of hydrogen-bond donors (Lipinski definition) is 1. The number of amides is 2. The largest absolute Gasteiger partial charge is 0.352 e. The summed E-state index contributed by atoms with van der Waals surface area (Å²) in [4.78, 5) is 40.0. The number of aryl methyl sites for hydroxylation is 1. The van der Waals surface area contributed by atoms with Crippen molar-refractivity contribution in [1.29, 1.82) is 0 Å². The Hall–Kier alpha value is -3.27. The van der Waals surface area contributed by atoms with E-state index in [2.05, 4.69) is 26.2 Å². The van der Waals surface area contributed by atoms with Gasteiger partial charge >= 0.3 is 0 Å². The van der Waals surface area contributed by atoms with E-state index in [1.165, 1.54) is 0 Å². The molecule has 1 fully saturated rings. The third-order valence-corrected chi connectivity index (χ3v) is 5.55. The normalized spacial score (nSPS) is 14.1. The van der Waals surface area contributed by atoms with Gasteiger partial charge in [-0.25, -0.2) is 9.97 Å². The SMILES string of the molecule is C#CCCCC(=O)N1CCC(c2nc(C)ncc2C(=O)NCCc2cccnc2)CC1. The van der Waals surface area contributed by atoms with Crippen LogP contribution in [0.3, 0.4) is 0 Å². The molecule has 0 aromatic carbocycles. The van der Waals surface area contributed by atoms with E-state index >= 15 is 0 Å². The lowest BCUT2D eigenvalue weighted by atomic mass is 9.90. The maximum atomic E-state index is 12.8. The number of carbonyl (C=O) groups is 2. The van der Waals surface area contributed by atoms with Gasteiger partial charge in [0.25, 0.3) is 5.91 Å². The van der Waals surface area contributed by atoms with E-state index < -0.39 is 0 Å². The lowest BCUT2D eigenvalue weighted by molar-refractivity contribution is -0.132. The molecule has 1 saturated heterocycles. The van der Waals surface area contributed by atoms with Gasteiger partial charge in [0.05, 0.1) is 11.3 Å². The van der Waals surface area contributed by atoms with Crippen molar-refractivity contribution in [3.63, 3.8) is 0 Å². The maximum absolute atomic E-state index is 12.8. The molecule has 3 rings (SSSR count). The summed E-state index contributed by atoms with van der Waals surface area (Å²) in [6.07, 6.45) is 14.5. The second kappa shape index (κ2) is 11.2. The van der Waals surface area contributed by atoms with Crippen LogP contribution in [-0.4, -0.2) is 51.3 Å². The Morgan fingerprint density at radius 1 is 1.29 bits per heavy atom. The highest BCUT2D eigenvalue weighted by molar-refractivity contribution is 5.95. The van der Waals surface area contributed by atoms with Crippen molar-refractivity contribution in [2.45, 2.75) is 51.4 Å². The zero-order chi connectivity index (χ0) is 22.1. The molecule has 1 aliphatic rings. The van der Waals surface area contributed by atoms with Gasteiger partial charge < -0.3 is 10.2 Å². The van der Waals surface area contributed by atoms with Crippen LogP contribution in [0.4, 0.5) is 0 Å². The molecule has 0 saturated carbocycles. The Morgan fingerprint density at radius 2 is 2.10 bits per heavy atom. The molecular weight excluding hydrogens is 390 g/mol. The van der Waals surface area contributed by atoms with Crippen LogP contribution in [0.2, 0.25) is 0 Å². The van der Waals surface area contributed by atoms with E-state index in [0.29, 0.717) is 50.3 Å². The number of rotatable bonds is 8. The summed E-state index contributed by atoms with van der Waals surface area (Å²) in [7, 11) is 0. The molecule has 0 spiro atoms. The Morgan fingerprint density at radius 3 is 2.81 bits per heavy atom. The summed E-state index contributed by atoms with van der Waals surface area (Å²) >= 11 is 0. The van der Waals surface area contributed by atoms with Crippen molar-refractivity contribution in [2.75, 3.05) is 19.6 Å². The summed E-state index contributed by atoms with van der Waals surface area (Å²) in [5.74, 6) is 3.35. The predicted octanol–water partition coefficient (Wildman–Crippen LogP) is 2.66. The Bertz CT molecular complexity index is 931. The van der Waals surface area contributed by atoms with Crippen molar-refractivity contribution < 1.29 is 9.59 Å². The van der Waals surface area contributed by atoms with Crippen LogP contribution >= 0.6 is 0 Å². The van der Waals surface area contributed by atoms with Crippen molar-refractivity contribution in [2.24, 2.45) is 0 Å². The average Bonchev–Trinajstić information content (AvgIpc) is 2.80. The molecule has 0 unspecified atom stereocenters. The van der Waals surface area contributed by atoms with Crippen LogP contribution in [0, 0.1) is 19.3 Å². The third-order valence-electron chi connectivity index (χ3n) is 5.55. The smallest absolute Gasteiger partial charge is 0.254 e. The van der Waals surface area contributed by atoms with Gasteiger partial charge in [-0.15, -0.1) is 12.3 Å². The Kier molecular flexibility index (Phi) is 8.11. The van der Waals surface area contributed by atoms with E-state index in [1.807, 2.05) is 24.0 Å². The lowest BCUT2D eigenvalue weighted by Gasteiger charge is -2.32. The number of unbranched alkanes of at least 4 members (excludes halogenated alkanes) is 1. The van der Waals surface area contributed by atoms with Crippen LogP contribution in [0.1, 0.15) is 65.5 Å². The van der Waals surface area contributed by atoms with Crippen molar-refractivity contribution >= 4 is 11.8 Å². The summed E-state index contributed by atoms with van der Waals surface area (Å²) in [6, 6.07) is 3.87. The number of carbonyl (C=O) groups excluding carboxylic acids is 2. The third kappa shape index (κ3) is 6.35. The molecule has 0 aliphatic carbocycles. The number of hydrogen-bond acceptors (Lipinski definition) is 5. The first kappa shape index (κ1) is 22.4. The number of pyridine rings is 1. The Labute approximate surface area is 183 Å². The van der Waals surface area contributed by atoms with Gasteiger partial charge in [0, 0.05) is 57.0 Å². The molecule has 31 heavy (non-hydrogen) atoms. The highest BCUT2D eigenvalue weighted by Crippen LogP contribution is 2.29. The number of terminal acetylenes is 1. The summed E-state index contributed by atoms with van der Waals surface area (Å²) < 4.78 is 0. The number of piperidine rings is 1. The van der Waals surface area contributed by atoms with Gasteiger partial charge in [0.2, 0.25) is 5.91 Å². The molecule has 1 N–H and O–H groups in total. The summed E-state index contributed by atoms with van der Waals surface area (Å²) in [5, 5.41) is 2.97.